The van der Waals surface area contributed by atoms with Crippen LogP contribution in [-0.2, 0) is 11.3 Å². The van der Waals surface area contributed by atoms with Crippen LogP contribution < -0.4 is 5.56 Å². The minimum atomic E-state index is -0.0787. The fourth-order valence-electron chi connectivity index (χ4n) is 4.00. The first-order valence-electron chi connectivity index (χ1n) is 10.2. The highest BCUT2D eigenvalue weighted by atomic mass is 16.2. The van der Waals surface area contributed by atoms with Gasteiger partial charge in [-0.2, -0.15) is 0 Å². The number of pyridine rings is 1. The predicted octanol–water partition coefficient (Wildman–Crippen LogP) is 2.53. The molecule has 1 saturated heterocycles. The third-order valence-electron chi connectivity index (χ3n) is 5.60. The molecule has 4 rings (SSSR count). The minimum absolute atomic E-state index is 0.0620. The molecule has 0 unspecified atom stereocenters. The molecule has 3 aromatic rings. The summed E-state index contributed by atoms with van der Waals surface area (Å²) in [4.78, 5) is 34.2. The van der Waals surface area contributed by atoms with Crippen molar-refractivity contribution in [2.75, 3.05) is 26.2 Å². The van der Waals surface area contributed by atoms with Crippen molar-refractivity contribution in [3.63, 3.8) is 0 Å². The van der Waals surface area contributed by atoms with Crippen molar-refractivity contribution in [3.8, 4) is 0 Å². The molecule has 0 bridgehead atoms. The number of amides is 1. The van der Waals surface area contributed by atoms with Gasteiger partial charge in [0.05, 0.1) is 11.6 Å². The molecule has 0 radical (unpaired) electrons. The van der Waals surface area contributed by atoms with E-state index in [0.29, 0.717) is 25.3 Å². The molecule has 0 aliphatic carbocycles. The number of hydrogen-bond donors (Lipinski definition) is 0. The third kappa shape index (κ3) is 4.22. The molecule has 1 amide bonds. The summed E-state index contributed by atoms with van der Waals surface area (Å²) < 4.78 is 1.55. The van der Waals surface area contributed by atoms with Crippen LogP contribution in [0.3, 0.4) is 0 Å². The van der Waals surface area contributed by atoms with Crippen LogP contribution in [0.4, 0.5) is 0 Å². The normalized spacial score (nSPS) is 16.1. The van der Waals surface area contributed by atoms with Crippen molar-refractivity contribution in [3.05, 3.63) is 82.4 Å². The predicted molar refractivity (Wildman–Crippen MR) is 113 cm³/mol. The van der Waals surface area contributed by atoms with Gasteiger partial charge in [0.2, 0.25) is 5.91 Å². The summed E-state index contributed by atoms with van der Waals surface area (Å²) in [5, 5.41) is 0. The maximum absolute atomic E-state index is 13.0. The van der Waals surface area contributed by atoms with Crippen LogP contribution in [0, 0.1) is 0 Å². The third-order valence-corrected chi connectivity index (χ3v) is 5.60. The Kier molecular flexibility index (Phi) is 5.71. The van der Waals surface area contributed by atoms with Crippen LogP contribution in [0.1, 0.15) is 30.5 Å². The quantitative estimate of drug-likeness (QED) is 0.672. The molecule has 0 spiro atoms. The Morgan fingerprint density at radius 3 is 2.48 bits per heavy atom. The van der Waals surface area contributed by atoms with Crippen molar-refractivity contribution in [2.45, 2.75) is 25.8 Å². The number of piperazine rings is 1. The minimum Gasteiger partial charge on any atom is -0.340 e. The van der Waals surface area contributed by atoms with Crippen molar-refractivity contribution in [1.29, 1.82) is 0 Å². The van der Waals surface area contributed by atoms with Crippen LogP contribution in [0.25, 0.3) is 5.65 Å². The van der Waals surface area contributed by atoms with Gasteiger partial charge in [-0.05, 0) is 24.1 Å². The maximum atomic E-state index is 13.0. The van der Waals surface area contributed by atoms with Gasteiger partial charge in [-0.15, -0.1) is 0 Å². The first-order chi connectivity index (χ1) is 14.2. The molecule has 1 aliphatic rings. The van der Waals surface area contributed by atoms with Gasteiger partial charge in [0.15, 0.2) is 0 Å². The van der Waals surface area contributed by atoms with E-state index < -0.39 is 0 Å². The fourth-order valence-corrected chi connectivity index (χ4v) is 4.00. The number of nitrogens with zero attached hydrogens (tertiary/aromatic N) is 4. The number of carbonyl (C=O) groups excluding carboxylic acids is 1. The molecule has 150 valence electrons. The van der Waals surface area contributed by atoms with Gasteiger partial charge in [0.25, 0.3) is 5.56 Å². The number of fused-ring (bicyclic) bond motifs is 1. The van der Waals surface area contributed by atoms with E-state index in [1.165, 1.54) is 0 Å². The molecular formula is C23H26N4O2. The monoisotopic (exact) mass is 390 g/mol. The second-order valence-corrected chi connectivity index (χ2v) is 7.49. The molecule has 1 aliphatic heterocycles. The SMILES string of the molecule is CC[C@@H](C(=O)N1CCN(Cc2cc(=O)n3ccccc3n2)CC1)c1ccccc1. The van der Waals surface area contributed by atoms with Crippen LogP contribution in [0.15, 0.2) is 65.6 Å². The molecule has 1 fully saturated rings. The number of benzene rings is 1. The summed E-state index contributed by atoms with van der Waals surface area (Å²) in [7, 11) is 0. The lowest BCUT2D eigenvalue weighted by molar-refractivity contribution is -0.134. The van der Waals surface area contributed by atoms with Gasteiger partial charge in [-0.3, -0.25) is 18.9 Å². The Bertz CT molecular complexity index is 1040. The van der Waals surface area contributed by atoms with E-state index in [4.69, 9.17) is 0 Å². The summed E-state index contributed by atoms with van der Waals surface area (Å²) in [6.07, 6.45) is 2.53. The van der Waals surface area contributed by atoms with Crippen LogP contribution in [0.2, 0.25) is 0 Å². The second-order valence-electron chi connectivity index (χ2n) is 7.49. The first kappa shape index (κ1) is 19.3. The fraction of sp³-hybridized carbons (Fsp3) is 0.348. The molecule has 6 heteroatoms. The molecule has 3 heterocycles. The average Bonchev–Trinajstić information content (AvgIpc) is 2.75. The highest BCUT2D eigenvalue weighted by Crippen LogP contribution is 2.23. The molecule has 6 nitrogen and oxygen atoms in total. The molecule has 1 atom stereocenters. The molecular weight excluding hydrogens is 364 g/mol. The lowest BCUT2D eigenvalue weighted by Gasteiger charge is -2.36. The summed E-state index contributed by atoms with van der Waals surface area (Å²) in [5.41, 5.74) is 2.46. The molecule has 0 saturated carbocycles. The lowest BCUT2D eigenvalue weighted by atomic mass is 9.95. The average molecular weight is 390 g/mol. The summed E-state index contributed by atoms with van der Waals surface area (Å²) in [6, 6.07) is 17.2. The van der Waals surface area contributed by atoms with Crippen LogP contribution >= 0.6 is 0 Å². The van der Waals surface area contributed by atoms with Gasteiger partial charge in [0.1, 0.15) is 5.65 Å². The Labute approximate surface area is 170 Å². The molecule has 1 aromatic carbocycles. The Morgan fingerprint density at radius 1 is 1.03 bits per heavy atom. The zero-order valence-electron chi connectivity index (χ0n) is 16.7. The van der Waals surface area contributed by atoms with Gasteiger partial charge in [0, 0.05) is 45.0 Å². The molecule has 2 aromatic heterocycles. The second kappa shape index (κ2) is 8.57. The number of rotatable bonds is 5. The molecule has 29 heavy (non-hydrogen) atoms. The van der Waals surface area contributed by atoms with Crippen LogP contribution in [-0.4, -0.2) is 51.3 Å². The highest BCUT2D eigenvalue weighted by molar-refractivity contribution is 5.83. The van der Waals surface area contributed by atoms with E-state index in [1.54, 1.807) is 16.7 Å². The van der Waals surface area contributed by atoms with E-state index in [1.807, 2.05) is 53.4 Å². The van der Waals surface area contributed by atoms with Crippen molar-refractivity contribution >= 4 is 11.6 Å². The molecule has 0 N–H and O–H groups in total. The standard InChI is InChI=1S/C23H26N4O2/c1-2-20(18-8-4-3-5-9-18)23(29)26-14-12-25(13-15-26)17-19-16-22(28)27-11-7-6-10-21(27)24-19/h3-11,16,20H,2,12-15,17H2,1H3/t20-/m1/s1. The largest absolute Gasteiger partial charge is 0.340 e. The van der Waals surface area contributed by atoms with Gasteiger partial charge in [-0.25, -0.2) is 4.98 Å². The van der Waals surface area contributed by atoms with Crippen molar-refractivity contribution < 1.29 is 4.79 Å². The number of carbonyl (C=O) groups is 1. The van der Waals surface area contributed by atoms with Gasteiger partial charge in [-0.1, -0.05) is 43.3 Å². The smallest absolute Gasteiger partial charge is 0.258 e. The summed E-state index contributed by atoms with van der Waals surface area (Å²) >= 11 is 0. The zero-order chi connectivity index (χ0) is 20.2. The van der Waals surface area contributed by atoms with E-state index in [0.717, 1.165) is 30.8 Å². The lowest BCUT2D eigenvalue weighted by Crippen LogP contribution is -2.49. The van der Waals surface area contributed by atoms with E-state index in [-0.39, 0.29) is 17.4 Å². The Hall–Kier alpha value is -2.99. The van der Waals surface area contributed by atoms with Crippen molar-refractivity contribution in [1.82, 2.24) is 19.2 Å². The Morgan fingerprint density at radius 2 is 1.76 bits per heavy atom. The zero-order valence-corrected chi connectivity index (χ0v) is 16.7. The number of aromatic nitrogens is 2. The highest BCUT2D eigenvalue weighted by Gasteiger charge is 2.27. The topological polar surface area (TPSA) is 57.9 Å². The Balaban J connectivity index is 1.39. The first-order valence-corrected chi connectivity index (χ1v) is 10.2. The van der Waals surface area contributed by atoms with E-state index >= 15 is 0 Å². The summed E-state index contributed by atoms with van der Waals surface area (Å²) in [5.74, 6) is 0.130. The van der Waals surface area contributed by atoms with Gasteiger partial charge >= 0.3 is 0 Å². The van der Waals surface area contributed by atoms with Gasteiger partial charge < -0.3 is 4.90 Å². The van der Waals surface area contributed by atoms with Crippen LogP contribution in [0.5, 0.6) is 0 Å². The maximum Gasteiger partial charge on any atom is 0.258 e. The van der Waals surface area contributed by atoms with Crippen molar-refractivity contribution in [2.24, 2.45) is 0 Å². The van der Waals surface area contributed by atoms with E-state index in [2.05, 4.69) is 16.8 Å². The van der Waals surface area contributed by atoms with E-state index in [9.17, 15) is 9.59 Å². The number of hydrogen-bond acceptors (Lipinski definition) is 4. The summed E-state index contributed by atoms with van der Waals surface area (Å²) in [6.45, 7) is 5.66.